The molecule has 1 aromatic carbocycles. The van der Waals surface area contributed by atoms with E-state index >= 15 is 0 Å². The number of carbonyl (C=O) groups is 1. The average Bonchev–Trinajstić information content (AvgIpc) is 2.78. The number of allylic oxidation sites excluding steroid dienone is 4. The zero-order valence-electron chi connectivity index (χ0n) is 21.3. The number of nitrogens with zero attached hydrogens (tertiary/aromatic N) is 1. The van der Waals surface area contributed by atoms with Crippen molar-refractivity contribution in [2.45, 2.75) is 89.6 Å². The second kappa shape index (κ2) is 11.6. The lowest BCUT2D eigenvalue weighted by Crippen LogP contribution is -2.47. The van der Waals surface area contributed by atoms with Gasteiger partial charge in [0.2, 0.25) is 0 Å². The highest BCUT2D eigenvalue weighted by Gasteiger charge is 2.43. The molecule has 4 heteroatoms. The average molecular weight is 468 g/mol. The largest absolute Gasteiger partial charge is 0.371 e. The van der Waals surface area contributed by atoms with E-state index in [0.29, 0.717) is 5.25 Å². The van der Waals surface area contributed by atoms with Crippen LogP contribution < -0.4 is 0 Å². The van der Waals surface area contributed by atoms with Gasteiger partial charge in [-0.2, -0.15) is 0 Å². The van der Waals surface area contributed by atoms with E-state index in [4.69, 9.17) is 4.74 Å². The molecule has 1 saturated heterocycles. The smallest absolute Gasteiger partial charge is 0.253 e. The lowest BCUT2D eigenvalue weighted by molar-refractivity contribution is -0.0241. The van der Waals surface area contributed by atoms with Gasteiger partial charge in [-0.3, -0.25) is 4.79 Å². The van der Waals surface area contributed by atoms with E-state index in [1.165, 1.54) is 16.0 Å². The molecule has 3 nitrogen and oxygen atoms in total. The first kappa shape index (κ1) is 25.8. The van der Waals surface area contributed by atoms with Crippen molar-refractivity contribution in [3.05, 3.63) is 65.3 Å². The van der Waals surface area contributed by atoms with Crippen molar-refractivity contribution in [2.24, 2.45) is 5.41 Å². The minimum atomic E-state index is 0.120. The molecule has 1 spiro atoms. The molecule has 0 aromatic heterocycles. The number of benzene rings is 1. The predicted octanol–water partition coefficient (Wildman–Crippen LogP) is 7.45. The number of piperidine rings is 1. The highest BCUT2D eigenvalue weighted by Crippen LogP contribution is 2.49. The van der Waals surface area contributed by atoms with Crippen LogP contribution in [0.2, 0.25) is 0 Å². The molecule has 0 bridgehead atoms. The zero-order valence-corrected chi connectivity index (χ0v) is 22.1. The molecular formula is C29H41NO2S. The number of rotatable bonds is 6. The second-order valence-corrected chi connectivity index (χ2v) is 11.6. The lowest BCUT2D eigenvalue weighted by Gasteiger charge is -2.48. The van der Waals surface area contributed by atoms with Crippen LogP contribution in [0.25, 0.3) is 0 Å². The molecule has 2 aliphatic rings. The first-order chi connectivity index (χ1) is 15.8. The molecule has 180 valence electrons. The number of thioether (sulfide) groups is 1. The van der Waals surface area contributed by atoms with E-state index in [-0.39, 0.29) is 23.5 Å². The maximum Gasteiger partial charge on any atom is 0.253 e. The van der Waals surface area contributed by atoms with Gasteiger partial charge in [-0.1, -0.05) is 38.2 Å². The van der Waals surface area contributed by atoms with Crippen LogP contribution in [0.15, 0.2) is 64.6 Å². The molecule has 1 amide bonds. The van der Waals surface area contributed by atoms with Crippen molar-refractivity contribution in [1.29, 1.82) is 0 Å². The molecule has 0 radical (unpaired) electrons. The highest BCUT2D eigenvalue weighted by atomic mass is 32.2. The van der Waals surface area contributed by atoms with Gasteiger partial charge in [-0.15, -0.1) is 11.8 Å². The van der Waals surface area contributed by atoms with Crippen molar-refractivity contribution in [1.82, 2.24) is 4.90 Å². The Morgan fingerprint density at radius 2 is 1.79 bits per heavy atom. The van der Waals surface area contributed by atoms with Crippen LogP contribution in [0.3, 0.4) is 0 Å². The third-order valence-corrected chi connectivity index (χ3v) is 7.75. The lowest BCUT2D eigenvalue weighted by atomic mass is 9.64. The van der Waals surface area contributed by atoms with E-state index < -0.39 is 0 Å². The Labute approximate surface area is 205 Å². The molecule has 1 saturated carbocycles. The summed E-state index contributed by atoms with van der Waals surface area (Å²) < 4.78 is 6.42. The van der Waals surface area contributed by atoms with Gasteiger partial charge in [0.05, 0.1) is 12.2 Å². The maximum atomic E-state index is 13.2. The quantitative estimate of drug-likeness (QED) is 0.407. The van der Waals surface area contributed by atoms with Gasteiger partial charge in [-0.25, -0.2) is 0 Å². The fourth-order valence-corrected chi connectivity index (χ4v) is 5.95. The van der Waals surface area contributed by atoms with Gasteiger partial charge >= 0.3 is 0 Å². The van der Waals surface area contributed by atoms with E-state index in [1.54, 1.807) is 0 Å². The van der Waals surface area contributed by atoms with Crippen LogP contribution in [-0.2, 0) is 4.74 Å². The summed E-state index contributed by atoms with van der Waals surface area (Å²) in [7, 11) is 0. The molecule has 1 atom stereocenters. The molecule has 0 N–H and O–H groups in total. The number of hydrogen-bond donors (Lipinski definition) is 0. The summed E-state index contributed by atoms with van der Waals surface area (Å²) in [6.45, 7) is 14.5. The fourth-order valence-electron chi connectivity index (χ4n) is 5.12. The fraction of sp³-hybridized carbons (Fsp3) is 0.552. The Morgan fingerprint density at radius 3 is 2.33 bits per heavy atom. The molecule has 3 rings (SSSR count). The monoisotopic (exact) mass is 467 g/mol. The third-order valence-electron chi connectivity index (χ3n) is 6.74. The van der Waals surface area contributed by atoms with E-state index in [9.17, 15) is 4.79 Å². The first-order valence-electron chi connectivity index (χ1n) is 12.5. The number of hydrogen-bond acceptors (Lipinski definition) is 3. The van der Waals surface area contributed by atoms with Gasteiger partial charge in [0, 0.05) is 28.8 Å². The molecule has 1 aliphatic carbocycles. The van der Waals surface area contributed by atoms with Crippen LogP contribution in [0.1, 0.15) is 77.6 Å². The molecular weight excluding hydrogens is 426 g/mol. The highest BCUT2D eigenvalue weighted by molar-refractivity contribution is 7.99. The summed E-state index contributed by atoms with van der Waals surface area (Å²) in [6.07, 6.45) is 13.2. The first-order valence-corrected chi connectivity index (χ1v) is 13.3. The molecule has 1 aliphatic heterocycles. The minimum absolute atomic E-state index is 0.120. The SMILES string of the molecule is C\C=C/C=C1\C(=C/C)CC2(CCN(C(=O)c3ccc(SC(C)C)cc3)CC2)CC1OC(C)C. The Balaban J connectivity index is 1.70. The second-order valence-electron chi connectivity index (χ2n) is 10.00. The van der Waals surface area contributed by atoms with E-state index in [2.05, 4.69) is 82.9 Å². The number of amides is 1. The third kappa shape index (κ3) is 6.64. The Hall–Kier alpha value is -1.78. The van der Waals surface area contributed by atoms with Gasteiger partial charge < -0.3 is 9.64 Å². The van der Waals surface area contributed by atoms with Crippen molar-refractivity contribution >= 4 is 17.7 Å². The molecule has 2 fully saturated rings. The Kier molecular flexibility index (Phi) is 9.06. The number of carbonyl (C=O) groups excluding carboxylic acids is 1. The van der Waals surface area contributed by atoms with Crippen LogP contribution in [-0.4, -0.2) is 41.4 Å². The minimum Gasteiger partial charge on any atom is -0.371 e. The summed E-state index contributed by atoms with van der Waals surface area (Å²) in [5, 5.41) is 0.541. The van der Waals surface area contributed by atoms with Crippen molar-refractivity contribution in [3.8, 4) is 0 Å². The predicted molar refractivity (Wildman–Crippen MR) is 141 cm³/mol. The Morgan fingerprint density at radius 1 is 1.12 bits per heavy atom. The zero-order chi connectivity index (χ0) is 24.0. The topological polar surface area (TPSA) is 29.5 Å². The van der Waals surface area contributed by atoms with Crippen LogP contribution in [0.5, 0.6) is 0 Å². The van der Waals surface area contributed by atoms with Crippen molar-refractivity contribution < 1.29 is 9.53 Å². The summed E-state index contributed by atoms with van der Waals surface area (Å²) in [6, 6.07) is 8.13. The van der Waals surface area contributed by atoms with Crippen molar-refractivity contribution in [2.75, 3.05) is 13.1 Å². The maximum absolute atomic E-state index is 13.2. The van der Waals surface area contributed by atoms with Crippen LogP contribution in [0.4, 0.5) is 0 Å². The normalized spacial score (nSPS) is 23.5. The van der Waals surface area contributed by atoms with E-state index in [0.717, 1.165) is 44.3 Å². The van der Waals surface area contributed by atoms with Crippen molar-refractivity contribution in [3.63, 3.8) is 0 Å². The van der Waals surface area contributed by atoms with Crippen LogP contribution >= 0.6 is 11.8 Å². The summed E-state index contributed by atoms with van der Waals surface area (Å²) in [5.41, 5.74) is 3.74. The Bertz CT molecular complexity index is 887. The van der Waals surface area contributed by atoms with Gasteiger partial charge in [0.25, 0.3) is 5.91 Å². The summed E-state index contributed by atoms with van der Waals surface area (Å²) in [4.78, 5) is 16.4. The summed E-state index contributed by atoms with van der Waals surface area (Å²) >= 11 is 1.83. The van der Waals surface area contributed by atoms with Gasteiger partial charge in [-0.05, 0) is 94.2 Å². The van der Waals surface area contributed by atoms with Crippen LogP contribution in [0, 0.1) is 5.41 Å². The molecule has 33 heavy (non-hydrogen) atoms. The van der Waals surface area contributed by atoms with Gasteiger partial charge in [0.15, 0.2) is 0 Å². The van der Waals surface area contributed by atoms with E-state index in [1.807, 2.05) is 23.9 Å². The standard InChI is InChI=1S/C29H41NO2S/c1-7-9-10-26-23(8-2)19-29(20-27(26)32-21(3)4)15-17-30(18-16-29)28(31)24-11-13-25(14-12-24)33-22(5)6/h7-14,21-22,27H,15-20H2,1-6H3/b9-7-,23-8-,26-10+. The van der Waals surface area contributed by atoms with Gasteiger partial charge in [0.1, 0.15) is 0 Å². The number of likely N-dealkylation sites (tertiary alicyclic amines) is 1. The summed E-state index contributed by atoms with van der Waals surface area (Å²) in [5.74, 6) is 0.164. The molecule has 1 aromatic rings. The molecule has 1 unspecified atom stereocenters. The number of ether oxygens (including phenoxy) is 1. The molecule has 1 heterocycles.